The van der Waals surface area contributed by atoms with E-state index in [9.17, 15) is 30.0 Å². The number of methoxy groups -OCH3 is 1. The average molecular weight is 718 g/mol. The Balaban J connectivity index is 2.12. The van der Waals surface area contributed by atoms with Gasteiger partial charge in [-0.3, -0.25) is 9.59 Å². The molecule has 3 saturated heterocycles. The molecule has 3 heterocycles. The van der Waals surface area contributed by atoms with Gasteiger partial charge in [0.15, 0.2) is 18.4 Å². The van der Waals surface area contributed by atoms with E-state index in [1.54, 1.807) is 48.5 Å². The first-order chi connectivity index (χ1) is 23.0. The Morgan fingerprint density at radius 2 is 1.56 bits per heavy atom. The summed E-state index contributed by atoms with van der Waals surface area (Å²) in [6, 6.07) is -0.250. The van der Waals surface area contributed by atoms with Gasteiger partial charge in [-0.1, -0.05) is 27.7 Å². The number of cyclic esters (lactones) is 1. The van der Waals surface area contributed by atoms with Crippen molar-refractivity contribution in [2.24, 2.45) is 23.7 Å². The SMILES string of the molecule is CC[C@H]1OC(=O)[C@H](C)[C@@H](OC2CC(C)(OC)C(O)C(C)O2)[C@H](C)[C@@H](OC2OC(C)CC(N(C)C)C2O)CC[C@](C)(O)C(=O)[C@H](C)[C@@H](C)[C@]1(C)O. The van der Waals surface area contributed by atoms with Crippen LogP contribution in [0, 0.1) is 23.7 Å². The van der Waals surface area contributed by atoms with Gasteiger partial charge in [-0.25, -0.2) is 0 Å². The fraction of sp³-hybridized carbons (Fsp3) is 0.946. The number of carbonyl (C=O) groups is 2. The van der Waals surface area contributed by atoms with Gasteiger partial charge in [0.1, 0.15) is 29.5 Å². The third kappa shape index (κ3) is 9.26. The molecule has 3 aliphatic heterocycles. The van der Waals surface area contributed by atoms with Crippen molar-refractivity contribution in [3.05, 3.63) is 0 Å². The minimum atomic E-state index is -1.79. The third-order valence-electron chi connectivity index (χ3n) is 12.2. The smallest absolute Gasteiger partial charge is 0.311 e. The predicted octanol–water partition coefficient (Wildman–Crippen LogP) is 2.81. The van der Waals surface area contributed by atoms with Crippen LogP contribution >= 0.6 is 0 Å². The van der Waals surface area contributed by atoms with Crippen LogP contribution in [-0.2, 0) is 38.0 Å². The molecule has 0 aromatic carbocycles. The molecule has 0 radical (unpaired) electrons. The molecule has 8 unspecified atom stereocenters. The van der Waals surface area contributed by atoms with Crippen LogP contribution < -0.4 is 0 Å². The summed E-state index contributed by atoms with van der Waals surface area (Å²) in [5, 5.41) is 45.7. The number of aliphatic hydroxyl groups is 4. The van der Waals surface area contributed by atoms with E-state index in [0.29, 0.717) is 6.42 Å². The van der Waals surface area contributed by atoms with Crippen molar-refractivity contribution in [2.75, 3.05) is 21.2 Å². The fourth-order valence-corrected chi connectivity index (χ4v) is 8.02. The fourth-order valence-electron chi connectivity index (χ4n) is 8.02. The van der Waals surface area contributed by atoms with E-state index in [2.05, 4.69) is 0 Å². The highest BCUT2D eigenvalue weighted by molar-refractivity contribution is 5.88. The molecule has 50 heavy (non-hydrogen) atoms. The molecule has 13 heteroatoms. The van der Waals surface area contributed by atoms with Gasteiger partial charge in [-0.2, -0.15) is 0 Å². The Morgan fingerprint density at radius 3 is 2.12 bits per heavy atom. The lowest BCUT2D eigenvalue weighted by molar-refractivity contribution is -0.306. The molecule has 3 rings (SSSR count). The van der Waals surface area contributed by atoms with E-state index >= 15 is 0 Å². The predicted molar refractivity (Wildman–Crippen MR) is 185 cm³/mol. The molecular weight excluding hydrogens is 650 g/mol. The standard InChI is InChI=1S/C37H67NO12/c1-14-27-37(10,44)23(6)20(3)31(40)35(8,43)16-15-26(48-34-29(39)25(38(11)12)17-19(2)46-34)21(4)30(22(5)33(42)49-27)50-28-18-36(9,45-13)32(41)24(7)47-28/h19-30,32,34,39,41,43-44H,14-18H2,1-13H3/t19?,20-,21-,22-,23-,24?,25?,26+,27-,28?,29?,30+,32?,34?,35+,36?,37+/m1/s1. The molecule has 0 spiro atoms. The van der Waals surface area contributed by atoms with Crippen molar-refractivity contribution in [1.29, 1.82) is 0 Å². The van der Waals surface area contributed by atoms with Crippen LogP contribution in [0.15, 0.2) is 0 Å². The highest BCUT2D eigenvalue weighted by atomic mass is 16.7. The molecule has 0 amide bonds. The van der Waals surface area contributed by atoms with Crippen LogP contribution in [0.3, 0.4) is 0 Å². The summed E-state index contributed by atoms with van der Waals surface area (Å²) >= 11 is 0. The van der Waals surface area contributed by atoms with E-state index < -0.39 is 101 Å². The lowest BCUT2D eigenvalue weighted by Crippen LogP contribution is -2.58. The Hall–Kier alpha value is -1.26. The first-order valence-corrected chi connectivity index (χ1v) is 18.4. The van der Waals surface area contributed by atoms with Crippen molar-refractivity contribution < 1.29 is 58.4 Å². The Kier molecular flexibility index (Phi) is 14.5. The molecule has 0 bridgehead atoms. The molecule has 3 aliphatic rings. The summed E-state index contributed by atoms with van der Waals surface area (Å²) in [6.45, 7) is 17.1. The maximum Gasteiger partial charge on any atom is 0.311 e. The lowest BCUT2D eigenvalue weighted by Gasteiger charge is -2.47. The van der Waals surface area contributed by atoms with Crippen LogP contribution in [0.25, 0.3) is 0 Å². The number of hydrogen-bond acceptors (Lipinski definition) is 13. The number of rotatable bonds is 7. The Morgan fingerprint density at radius 1 is 0.940 bits per heavy atom. The van der Waals surface area contributed by atoms with Crippen LogP contribution in [0.4, 0.5) is 0 Å². The number of ether oxygens (including phenoxy) is 6. The molecule has 0 saturated carbocycles. The summed E-state index contributed by atoms with van der Waals surface area (Å²) in [5.41, 5.74) is -4.39. The normalized spacial score (nSPS) is 49.0. The second-order valence-corrected chi connectivity index (χ2v) is 16.2. The van der Waals surface area contributed by atoms with Gasteiger partial charge in [-0.15, -0.1) is 0 Å². The van der Waals surface area contributed by atoms with Crippen molar-refractivity contribution in [3.8, 4) is 0 Å². The Bertz CT molecular complexity index is 1130. The monoisotopic (exact) mass is 717 g/mol. The Labute approximate surface area is 299 Å². The number of ketones is 1. The quantitative estimate of drug-likeness (QED) is 0.284. The number of aliphatic hydroxyl groups excluding tert-OH is 2. The minimum absolute atomic E-state index is 0.0107. The van der Waals surface area contributed by atoms with Crippen LogP contribution in [0.5, 0.6) is 0 Å². The topological polar surface area (TPSA) is 174 Å². The largest absolute Gasteiger partial charge is 0.459 e. The molecule has 3 fully saturated rings. The van der Waals surface area contributed by atoms with E-state index in [1.807, 2.05) is 32.8 Å². The van der Waals surface area contributed by atoms with Gasteiger partial charge in [0.2, 0.25) is 0 Å². The van der Waals surface area contributed by atoms with E-state index in [4.69, 9.17) is 28.4 Å². The highest BCUT2D eigenvalue weighted by Crippen LogP contribution is 2.40. The molecule has 0 aromatic heterocycles. The second kappa shape index (κ2) is 16.8. The van der Waals surface area contributed by atoms with Gasteiger partial charge >= 0.3 is 5.97 Å². The number of hydrogen-bond donors (Lipinski definition) is 4. The van der Waals surface area contributed by atoms with Crippen molar-refractivity contribution in [2.45, 2.75) is 179 Å². The van der Waals surface area contributed by atoms with Crippen molar-refractivity contribution >= 4 is 11.8 Å². The lowest BCUT2D eigenvalue weighted by atomic mass is 9.72. The maximum absolute atomic E-state index is 14.1. The minimum Gasteiger partial charge on any atom is -0.459 e. The van der Waals surface area contributed by atoms with Crippen molar-refractivity contribution in [1.82, 2.24) is 4.90 Å². The molecule has 4 N–H and O–H groups in total. The molecule has 292 valence electrons. The number of likely N-dealkylation sites (N-methyl/N-ethyl adjacent to an activating group) is 1. The number of Topliss-reactive ketones (excluding diaryl/α,β-unsaturated/α-hetero) is 1. The van der Waals surface area contributed by atoms with E-state index in [1.165, 1.54) is 14.0 Å². The zero-order chi connectivity index (χ0) is 38.1. The summed E-state index contributed by atoms with van der Waals surface area (Å²) in [6.07, 6.45) is -6.29. The maximum atomic E-state index is 14.1. The van der Waals surface area contributed by atoms with Crippen LogP contribution in [0.1, 0.15) is 101 Å². The summed E-state index contributed by atoms with van der Waals surface area (Å²) in [5.74, 6) is -4.05. The first kappa shape index (κ1) is 43.1. The van der Waals surface area contributed by atoms with Crippen LogP contribution in [-0.4, -0.2) is 136 Å². The van der Waals surface area contributed by atoms with Gasteiger partial charge in [-0.05, 0) is 87.2 Å². The molecule has 13 nitrogen and oxygen atoms in total. The van der Waals surface area contributed by atoms with Gasteiger partial charge in [0.05, 0.1) is 35.9 Å². The molecular formula is C37H67NO12. The third-order valence-corrected chi connectivity index (χ3v) is 12.2. The number of carbonyl (C=O) groups excluding carboxylic acids is 2. The zero-order valence-electron chi connectivity index (χ0n) is 32.6. The van der Waals surface area contributed by atoms with Gasteiger partial charge < -0.3 is 53.7 Å². The molecule has 17 atom stereocenters. The van der Waals surface area contributed by atoms with Gasteiger partial charge in [0, 0.05) is 31.4 Å². The summed E-state index contributed by atoms with van der Waals surface area (Å²) in [7, 11) is 5.27. The second-order valence-electron chi connectivity index (χ2n) is 16.2. The van der Waals surface area contributed by atoms with Crippen molar-refractivity contribution in [3.63, 3.8) is 0 Å². The van der Waals surface area contributed by atoms with E-state index in [0.717, 1.165) is 0 Å². The number of esters is 1. The highest BCUT2D eigenvalue weighted by Gasteiger charge is 2.51. The van der Waals surface area contributed by atoms with E-state index in [-0.39, 0.29) is 37.8 Å². The molecule has 0 aliphatic carbocycles. The summed E-state index contributed by atoms with van der Waals surface area (Å²) in [4.78, 5) is 29.9. The molecule has 0 aromatic rings. The van der Waals surface area contributed by atoms with Gasteiger partial charge in [0.25, 0.3) is 0 Å². The number of nitrogens with zero attached hydrogens (tertiary/aromatic N) is 1. The summed E-state index contributed by atoms with van der Waals surface area (Å²) < 4.78 is 37.3. The van der Waals surface area contributed by atoms with Crippen LogP contribution in [0.2, 0.25) is 0 Å². The first-order valence-electron chi connectivity index (χ1n) is 18.4. The zero-order valence-corrected chi connectivity index (χ0v) is 32.6. The average Bonchev–Trinajstić information content (AvgIpc) is 3.05.